The number of allylic oxidation sites excluding steroid dienone is 8. The summed E-state index contributed by atoms with van der Waals surface area (Å²) in [7, 11) is -0.0431. The van der Waals surface area contributed by atoms with E-state index in [0.29, 0.717) is 11.7 Å². The SMILES string of the molecule is CC1(C)OB(C2CCCC(C3=C/C=C\C=C/C=C3)CC2)OC1(C)C. The standard InChI is InChI=1S/C21H31BO2/c1-20(2)21(3,4)24-22(23-20)19-14-10-13-18(15-16-19)17-11-8-6-5-7-9-12-17/h5-9,11-12,18-19H,10,13-16H2,1-4H3/b6-5-,7-5?,8-6?,9-7-,11-8?,12-9?,17-11?,17-12?. The van der Waals surface area contributed by atoms with Crippen molar-refractivity contribution in [3.8, 4) is 0 Å². The number of hydrogen-bond acceptors (Lipinski definition) is 2. The van der Waals surface area contributed by atoms with Crippen LogP contribution in [0.1, 0.15) is 59.8 Å². The average Bonchev–Trinajstić information content (AvgIpc) is 2.65. The van der Waals surface area contributed by atoms with E-state index in [4.69, 9.17) is 9.31 Å². The Balaban J connectivity index is 1.64. The van der Waals surface area contributed by atoms with Crippen LogP contribution in [0.5, 0.6) is 0 Å². The first-order valence-corrected chi connectivity index (χ1v) is 9.46. The molecule has 0 aromatic heterocycles. The Morgan fingerprint density at radius 3 is 2.25 bits per heavy atom. The van der Waals surface area contributed by atoms with Crippen LogP contribution < -0.4 is 0 Å². The van der Waals surface area contributed by atoms with Crippen LogP contribution in [-0.2, 0) is 9.31 Å². The third-order valence-electron chi connectivity index (χ3n) is 6.16. The molecule has 1 heterocycles. The van der Waals surface area contributed by atoms with Crippen molar-refractivity contribution in [1.29, 1.82) is 0 Å². The summed E-state index contributed by atoms with van der Waals surface area (Å²) in [5, 5.41) is 0. The molecule has 1 saturated heterocycles. The van der Waals surface area contributed by atoms with E-state index in [2.05, 4.69) is 70.2 Å². The van der Waals surface area contributed by atoms with Crippen molar-refractivity contribution in [2.45, 2.75) is 76.8 Å². The van der Waals surface area contributed by atoms with E-state index >= 15 is 0 Å². The number of rotatable bonds is 2. The first-order chi connectivity index (χ1) is 11.4. The quantitative estimate of drug-likeness (QED) is 0.483. The summed E-state index contributed by atoms with van der Waals surface area (Å²) in [5.74, 6) is 1.18. The lowest BCUT2D eigenvalue weighted by Gasteiger charge is -2.32. The molecule has 2 aliphatic carbocycles. The zero-order valence-corrected chi connectivity index (χ0v) is 15.6. The van der Waals surface area contributed by atoms with Gasteiger partial charge in [-0.1, -0.05) is 61.8 Å². The van der Waals surface area contributed by atoms with Gasteiger partial charge in [-0.25, -0.2) is 0 Å². The van der Waals surface area contributed by atoms with Crippen LogP contribution in [0.15, 0.2) is 48.1 Å². The summed E-state index contributed by atoms with van der Waals surface area (Å²) in [6.07, 6.45) is 21.3. The van der Waals surface area contributed by atoms with Crippen molar-refractivity contribution < 1.29 is 9.31 Å². The second-order valence-electron chi connectivity index (χ2n) is 8.39. The molecule has 2 nitrogen and oxygen atoms in total. The van der Waals surface area contributed by atoms with E-state index in [1.165, 1.54) is 37.7 Å². The Hall–Kier alpha value is -1.06. The van der Waals surface area contributed by atoms with Crippen molar-refractivity contribution in [2.75, 3.05) is 0 Å². The molecule has 0 spiro atoms. The lowest BCUT2D eigenvalue weighted by molar-refractivity contribution is 0.00578. The summed E-state index contributed by atoms with van der Waals surface area (Å²) in [6.45, 7) is 8.60. The molecule has 0 aromatic carbocycles. The maximum Gasteiger partial charge on any atom is 0.461 e. The molecular formula is C21H31BO2. The minimum atomic E-state index is -0.217. The predicted molar refractivity (Wildman–Crippen MR) is 102 cm³/mol. The highest BCUT2D eigenvalue weighted by Crippen LogP contribution is 2.44. The summed E-state index contributed by atoms with van der Waals surface area (Å²) >= 11 is 0. The fourth-order valence-corrected chi connectivity index (χ4v) is 3.87. The second kappa shape index (κ2) is 7.05. The molecule has 0 radical (unpaired) electrons. The highest BCUT2D eigenvalue weighted by Gasteiger charge is 2.53. The van der Waals surface area contributed by atoms with Crippen molar-refractivity contribution in [3.05, 3.63) is 48.1 Å². The minimum Gasteiger partial charge on any atom is -0.403 e. The van der Waals surface area contributed by atoms with Crippen molar-refractivity contribution >= 4 is 7.12 Å². The molecule has 1 aliphatic heterocycles. The van der Waals surface area contributed by atoms with Gasteiger partial charge in [0.15, 0.2) is 0 Å². The van der Waals surface area contributed by atoms with E-state index in [-0.39, 0.29) is 18.3 Å². The summed E-state index contributed by atoms with van der Waals surface area (Å²) in [6, 6.07) is 0. The van der Waals surface area contributed by atoms with Gasteiger partial charge in [-0.15, -0.1) is 0 Å². The van der Waals surface area contributed by atoms with Crippen LogP contribution in [0.4, 0.5) is 0 Å². The summed E-state index contributed by atoms with van der Waals surface area (Å²) in [4.78, 5) is 0. The van der Waals surface area contributed by atoms with E-state index < -0.39 is 0 Å². The largest absolute Gasteiger partial charge is 0.461 e. The van der Waals surface area contributed by atoms with Gasteiger partial charge in [0.05, 0.1) is 11.2 Å². The van der Waals surface area contributed by atoms with Crippen LogP contribution in [0.2, 0.25) is 5.82 Å². The van der Waals surface area contributed by atoms with Gasteiger partial charge in [0, 0.05) is 0 Å². The van der Waals surface area contributed by atoms with Gasteiger partial charge >= 0.3 is 7.12 Å². The molecule has 3 heteroatoms. The smallest absolute Gasteiger partial charge is 0.403 e. The number of hydrogen-bond donors (Lipinski definition) is 0. The molecule has 0 bridgehead atoms. The first-order valence-electron chi connectivity index (χ1n) is 9.46. The zero-order chi connectivity index (χ0) is 17.2. The molecule has 1 saturated carbocycles. The van der Waals surface area contributed by atoms with Gasteiger partial charge in [-0.05, 0) is 57.8 Å². The van der Waals surface area contributed by atoms with Crippen LogP contribution in [0, 0.1) is 5.92 Å². The Morgan fingerprint density at radius 2 is 1.50 bits per heavy atom. The van der Waals surface area contributed by atoms with Crippen LogP contribution in [0.3, 0.4) is 0 Å². The van der Waals surface area contributed by atoms with Crippen LogP contribution in [0.25, 0.3) is 0 Å². The van der Waals surface area contributed by atoms with E-state index in [0.717, 1.165) is 0 Å². The zero-order valence-electron chi connectivity index (χ0n) is 15.6. The fraction of sp³-hybridized carbons (Fsp3) is 0.619. The lowest BCUT2D eigenvalue weighted by Crippen LogP contribution is -2.41. The highest BCUT2D eigenvalue weighted by atomic mass is 16.7. The Morgan fingerprint density at radius 1 is 0.833 bits per heavy atom. The molecule has 0 aromatic rings. The lowest BCUT2D eigenvalue weighted by atomic mass is 9.67. The topological polar surface area (TPSA) is 18.5 Å². The predicted octanol–water partition coefficient (Wildman–Crippen LogP) is 5.64. The minimum absolute atomic E-state index is 0.0431. The normalized spacial score (nSPS) is 34.8. The monoisotopic (exact) mass is 326 g/mol. The van der Waals surface area contributed by atoms with Gasteiger partial charge in [0.2, 0.25) is 0 Å². The van der Waals surface area contributed by atoms with Crippen molar-refractivity contribution in [2.24, 2.45) is 5.92 Å². The molecular weight excluding hydrogens is 295 g/mol. The van der Waals surface area contributed by atoms with Gasteiger partial charge in [-0.2, -0.15) is 0 Å². The second-order valence-corrected chi connectivity index (χ2v) is 8.39. The summed E-state index contributed by atoms with van der Waals surface area (Å²) < 4.78 is 12.6. The molecule has 3 rings (SSSR count). The van der Waals surface area contributed by atoms with Gasteiger partial charge in [-0.3, -0.25) is 0 Å². The van der Waals surface area contributed by atoms with Crippen LogP contribution in [-0.4, -0.2) is 18.3 Å². The van der Waals surface area contributed by atoms with Crippen molar-refractivity contribution in [3.63, 3.8) is 0 Å². The molecule has 130 valence electrons. The Bertz CT molecular complexity index is 552. The third kappa shape index (κ3) is 3.78. The average molecular weight is 326 g/mol. The van der Waals surface area contributed by atoms with Crippen LogP contribution >= 0.6 is 0 Å². The van der Waals surface area contributed by atoms with E-state index in [9.17, 15) is 0 Å². The maximum atomic E-state index is 6.31. The fourth-order valence-electron chi connectivity index (χ4n) is 3.87. The Kier molecular flexibility index (Phi) is 5.22. The van der Waals surface area contributed by atoms with E-state index in [1.54, 1.807) is 0 Å². The molecule has 3 aliphatic rings. The maximum absolute atomic E-state index is 6.31. The highest BCUT2D eigenvalue weighted by molar-refractivity contribution is 6.47. The molecule has 0 amide bonds. The molecule has 2 fully saturated rings. The van der Waals surface area contributed by atoms with E-state index in [1.807, 2.05) is 0 Å². The third-order valence-corrected chi connectivity index (χ3v) is 6.16. The Labute approximate surface area is 147 Å². The molecule has 2 atom stereocenters. The van der Waals surface area contributed by atoms with Gasteiger partial charge < -0.3 is 9.31 Å². The first kappa shape index (κ1) is 17.8. The van der Waals surface area contributed by atoms with Crippen molar-refractivity contribution in [1.82, 2.24) is 0 Å². The van der Waals surface area contributed by atoms with Gasteiger partial charge in [0.25, 0.3) is 0 Å². The molecule has 2 unspecified atom stereocenters. The molecule has 0 N–H and O–H groups in total. The summed E-state index contributed by atoms with van der Waals surface area (Å²) in [5.41, 5.74) is 1.03. The van der Waals surface area contributed by atoms with Gasteiger partial charge in [0.1, 0.15) is 0 Å². The molecule has 24 heavy (non-hydrogen) atoms.